The van der Waals surface area contributed by atoms with Gasteiger partial charge in [0.15, 0.2) is 0 Å². The molecule has 0 atom stereocenters. The van der Waals surface area contributed by atoms with Crippen molar-refractivity contribution in [3.05, 3.63) is 17.0 Å². The maximum absolute atomic E-state index is 12.5. The third kappa shape index (κ3) is 3.18. The number of amides is 1. The lowest BCUT2D eigenvalue weighted by Gasteiger charge is -2.21. The smallest absolute Gasteiger partial charge is 0.254 e. The van der Waals surface area contributed by atoms with Gasteiger partial charge in [0.05, 0.1) is 6.42 Å². The van der Waals surface area contributed by atoms with Gasteiger partial charge in [-0.1, -0.05) is 13.3 Å². The summed E-state index contributed by atoms with van der Waals surface area (Å²) in [5, 5.41) is 4.13. The fourth-order valence-corrected chi connectivity index (χ4v) is 2.55. The van der Waals surface area contributed by atoms with E-state index in [0.29, 0.717) is 12.2 Å². The molecule has 0 saturated heterocycles. The Labute approximate surface area is 130 Å². The molecule has 22 heavy (non-hydrogen) atoms. The summed E-state index contributed by atoms with van der Waals surface area (Å²) in [4.78, 5) is 22.9. The Morgan fingerprint density at radius 2 is 2.00 bits per heavy atom. The van der Waals surface area contributed by atoms with E-state index in [1.807, 2.05) is 25.7 Å². The first-order valence-corrected chi connectivity index (χ1v) is 7.74. The van der Waals surface area contributed by atoms with E-state index in [9.17, 15) is 4.79 Å². The van der Waals surface area contributed by atoms with E-state index in [0.717, 1.165) is 42.9 Å². The largest absolute Gasteiger partial charge is 0.366 e. The van der Waals surface area contributed by atoms with E-state index in [1.54, 1.807) is 4.52 Å². The highest BCUT2D eigenvalue weighted by atomic mass is 16.2. The molecule has 0 aliphatic rings. The second-order valence-corrected chi connectivity index (χ2v) is 5.45. The number of fused-ring (bicyclic) bond motifs is 1. The van der Waals surface area contributed by atoms with Crippen LogP contribution >= 0.6 is 0 Å². The molecule has 0 saturated carbocycles. The van der Waals surface area contributed by atoms with Crippen LogP contribution < -0.4 is 5.73 Å². The highest BCUT2D eigenvalue weighted by Gasteiger charge is 2.18. The van der Waals surface area contributed by atoms with Crippen LogP contribution in [0, 0.1) is 13.8 Å². The molecule has 2 rings (SSSR count). The predicted molar refractivity (Wildman–Crippen MR) is 85.5 cm³/mol. The third-order valence-corrected chi connectivity index (χ3v) is 3.91. The van der Waals surface area contributed by atoms with Gasteiger partial charge in [0, 0.05) is 30.0 Å². The minimum absolute atomic E-state index is 0.122. The fraction of sp³-hybridized carbons (Fsp3) is 0.600. The Morgan fingerprint density at radius 1 is 1.27 bits per heavy atom. The van der Waals surface area contributed by atoms with Crippen LogP contribution in [0.25, 0.3) is 5.78 Å². The molecule has 0 radical (unpaired) electrons. The van der Waals surface area contributed by atoms with Gasteiger partial charge >= 0.3 is 0 Å². The van der Waals surface area contributed by atoms with Gasteiger partial charge in [0.2, 0.25) is 11.9 Å². The van der Waals surface area contributed by atoms with Gasteiger partial charge in [-0.3, -0.25) is 4.79 Å². The van der Waals surface area contributed by atoms with Gasteiger partial charge in [0.1, 0.15) is 0 Å². The number of hydrogen-bond acceptors (Lipinski definition) is 5. The summed E-state index contributed by atoms with van der Waals surface area (Å²) in [6, 6.07) is 0. The quantitative estimate of drug-likeness (QED) is 0.874. The van der Waals surface area contributed by atoms with Gasteiger partial charge < -0.3 is 10.6 Å². The molecular weight excluding hydrogens is 280 g/mol. The summed E-state index contributed by atoms with van der Waals surface area (Å²) in [6.07, 6.45) is 2.43. The summed E-state index contributed by atoms with van der Waals surface area (Å²) in [7, 11) is 0. The van der Waals surface area contributed by atoms with E-state index in [1.165, 1.54) is 0 Å². The Bertz CT molecular complexity index is 678. The zero-order chi connectivity index (χ0) is 16.3. The molecule has 2 aromatic rings. The van der Waals surface area contributed by atoms with E-state index in [-0.39, 0.29) is 11.9 Å². The van der Waals surface area contributed by atoms with E-state index >= 15 is 0 Å². The summed E-state index contributed by atoms with van der Waals surface area (Å²) in [6.45, 7) is 9.47. The topological polar surface area (TPSA) is 89.4 Å². The van der Waals surface area contributed by atoms with Crippen LogP contribution in [0.1, 0.15) is 43.6 Å². The zero-order valence-corrected chi connectivity index (χ0v) is 13.8. The molecule has 2 heterocycles. The van der Waals surface area contributed by atoms with E-state index in [2.05, 4.69) is 22.0 Å². The molecular formula is C15H24N6O. The Kier molecular flexibility index (Phi) is 4.95. The molecule has 1 amide bonds. The zero-order valence-electron chi connectivity index (χ0n) is 13.8. The van der Waals surface area contributed by atoms with Crippen molar-refractivity contribution in [3.8, 4) is 0 Å². The van der Waals surface area contributed by atoms with Crippen LogP contribution in [-0.4, -0.2) is 43.5 Å². The molecule has 0 fully saturated rings. The van der Waals surface area contributed by atoms with Crippen molar-refractivity contribution in [3.63, 3.8) is 0 Å². The monoisotopic (exact) mass is 304 g/mol. The van der Waals surface area contributed by atoms with Gasteiger partial charge in [-0.25, -0.2) is 4.98 Å². The first-order chi connectivity index (χ1) is 10.5. The van der Waals surface area contributed by atoms with Crippen molar-refractivity contribution in [2.24, 2.45) is 0 Å². The number of anilines is 1. The average molecular weight is 304 g/mol. The Balaban J connectivity index is 2.28. The van der Waals surface area contributed by atoms with Crippen molar-refractivity contribution in [1.82, 2.24) is 24.5 Å². The maximum Gasteiger partial charge on any atom is 0.254 e. The number of nitrogens with two attached hydrogens (primary N) is 1. The average Bonchev–Trinajstić information content (AvgIpc) is 2.85. The number of carbonyl (C=O) groups is 1. The van der Waals surface area contributed by atoms with Crippen molar-refractivity contribution in [1.29, 1.82) is 0 Å². The SMILES string of the molecule is CCCCN(CC)C(=O)Cc1c(C)nc2nc(N)nn2c1C. The Hall–Kier alpha value is -2.18. The van der Waals surface area contributed by atoms with Gasteiger partial charge in [-0.15, -0.1) is 5.10 Å². The number of aromatic nitrogens is 4. The van der Waals surface area contributed by atoms with Crippen molar-refractivity contribution < 1.29 is 4.79 Å². The highest BCUT2D eigenvalue weighted by molar-refractivity contribution is 5.79. The molecule has 0 aliphatic heterocycles. The first-order valence-electron chi connectivity index (χ1n) is 7.74. The molecule has 2 N–H and O–H groups in total. The van der Waals surface area contributed by atoms with Crippen LogP contribution in [-0.2, 0) is 11.2 Å². The van der Waals surface area contributed by atoms with Crippen LogP contribution in [0.3, 0.4) is 0 Å². The fourth-order valence-electron chi connectivity index (χ4n) is 2.55. The molecule has 7 heteroatoms. The molecule has 0 unspecified atom stereocenters. The normalized spacial score (nSPS) is 11.1. The molecule has 7 nitrogen and oxygen atoms in total. The molecule has 120 valence electrons. The minimum atomic E-state index is 0.122. The summed E-state index contributed by atoms with van der Waals surface area (Å²) in [5.41, 5.74) is 8.20. The predicted octanol–water partition coefficient (Wildman–Crippen LogP) is 1.51. The lowest BCUT2D eigenvalue weighted by atomic mass is 10.1. The van der Waals surface area contributed by atoms with Gasteiger partial charge in [-0.05, 0) is 27.2 Å². The number of aryl methyl sites for hydroxylation is 2. The number of nitrogens with zero attached hydrogens (tertiary/aromatic N) is 5. The van der Waals surface area contributed by atoms with Gasteiger partial charge in [-0.2, -0.15) is 9.50 Å². The Morgan fingerprint density at radius 3 is 2.64 bits per heavy atom. The van der Waals surface area contributed by atoms with E-state index < -0.39 is 0 Å². The number of nitrogen functional groups attached to an aromatic ring is 1. The molecule has 0 spiro atoms. The molecule has 0 aromatic carbocycles. The summed E-state index contributed by atoms with van der Waals surface area (Å²) in [5.74, 6) is 0.787. The lowest BCUT2D eigenvalue weighted by molar-refractivity contribution is -0.130. The lowest BCUT2D eigenvalue weighted by Crippen LogP contribution is -2.33. The number of hydrogen-bond donors (Lipinski definition) is 1. The highest BCUT2D eigenvalue weighted by Crippen LogP contribution is 2.16. The molecule has 0 bridgehead atoms. The number of unbranched alkanes of at least 4 members (excludes halogenated alkanes) is 1. The second kappa shape index (κ2) is 6.72. The number of likely N-dealkylation sites (N-methyl/N-ethyl adjacent to an activating group) is 1. The maximum atomic E-state index is 12.5. The third-order valence-electron chi connectivity index (χ3n) is 3.91. The number of carbonyl (C=O) groups excluding carboxylic acids is 1. The van der Waals surface area contributed by atoms with Crippen LogP contribution in [0.4, 0.5) is 5.95 Å². The minimum Gasteiger partial charge on any atom is -0.366 e. The van der Waals surface area contributed by atoms with Crippen LogP contribution in [0.15, 0.2) is 0 Å². The van der Waals surface area contributed by atoms with Crippen molar-refractivity contribution in [2.75, 3.05) is 18.8 Å². The molecule has 2 aromatic heterocycles. The second-order valence-electron chi connectivity index (χ2n) is 5.45. The number of rotatable bonds is 6. The standard InChI is InChI=1S/C15H24N6O/c1-5-7-8-20(6-2)13(22)9-12-10(3)17-15-18-14(16)19-21(15)11(12)4/h5-9H2,1-4H3,(H2,16,19). The van der Waals surface area contributed by atoms with Crippen molar-refractivity contribution >= 4 is 17.6 Å². The first kappa shape index (κ1) is 16.2. The van der Waals surface area contributed by atoms with Gasteiger partial charge in [0.25, 0.3) is 5.78 Å². The van der Waals surface area contributed by atoms with Crippen LogP contribution in [0.2, 0.25) is 0 Å². The van der Waals surface area contributed by atoms with Crippen molar-refractivity contribution in [2.45, 2.75) is 47.0 Å². The van der Waals surface area contributed by atoms with E-state index in [4.69, 9.17) is 5.73 Å². The van der Waals surface area contributed by atoms with Crippen LogP contribution in [0.5, 0.6) is 0 Å². The summed E-state index contributed by atoms with van der Waals surface area (Å²) >= 11 is 0. The molecule has 0 aliphatic carbocycles. The summed E-state index contributed by atoms with van der Waals surface area (Å²) < 4.78 is 1.60.